The summed E-state index contributed by atoms with van der Waals surface area (Å²) in [4.78, 5) is 25.7. The Labute approximate surface area is 137 Å². The van der Waals surface area contributed by atoms with Crippen molar-refractivity contribution in [3.05, 3.63) is 29.3 Å². The molecule has 0 saturated carbocycles. The average molecular weight is 318 g/mol. The zero-order valence-electron chi connectivity index (χ0n) is 14.2. The molecule has 5 nitrogen and oxygen atoms in total. The van der Waals surface area contributed by atoms with Crippen LogP contribution in [0.3, 0.4) is 0 Å². The quantitative estimate of drug-likeness (QED) is 0.844. The number of benzene rings is 1. The van der Waals surface area contributed by atoms with Gasteiger partial charge < -0.3 is 15.3 Å². The minimum absolute atomic E-state index is 0.0274. The van der Waals surface area contributed by atoms with E-state index in [1.807, 2.05) is 26.0 Å². The fourth-order valence-corrected chi connectivity index (χ4v) is 3.02. The Hall–Kier alpha value is -1.88. The Balaban J connectivity index is 2.08. The number of anilines is 1. The number of carbonyl (C=O) groups is 2. The van der Waals surface area contributed by atoms with E-state index in [-0.39, 0.29) is 23.8 Å². The van der Waals surface area contributed by atoms with Gasteiger partial charge in [-0.1, -0.05) is 13.8 Å². The van der Waals surface area contributed by atoms with Crippen LogP contribution in [-0.4, -0.2) is 36.6 Å². The van der Waals surface area contributed by atoms with Gasteiger partial charge in [-0.2, -0.15) is 0 Å². The van der Waals surface area contributed by atoms with Gasteiger partial charge in [0, 0.05) is 36.7 Å². The number of aliphatic hydroxyl groups is 1. The standard InChI is InChI=1S/C18H26N2O3/c1-4-18(5-2,12-21)11-19-17(23)15-6-7-16-14(10-15)8-9-20(16)13(3)22/h6-7,10,21H,4-5,8-9,11-12H2,1-3H3,(H,19,23). The first-order chi connectivity index (χ1) is 11.0. The molecule has 1 heterocycles. The third-order valence-electron chi connectivity index (χ3n) is 5.08. The molecule has 1 aliphatic heterocycles. The highest BCUT2D eigenvalue weighted by Gasteiger charge is 2.27. The number of hydrogen-bond acceptors (Lipinski definition) is 3. The molecule has 0 atom stereocenters. The second-order valence-electron chi connectivity index (χ2n) is 6.31. The van der Waals surface area contributed by atoms with Crippen LogP contribution in [0.15, 0.2) is 18.2 Å². The van der Waals surface area contributed by atoms with E-state index in [4.69, 9.17) is 0 Å². The van der Waals surface area contributed by atoms with Crippen molar-refractivity contribution in [1.29, 1.82) is 0 Å². The molecule has 0 radical (unpaired) electrons. The van der Waals surface area contributed by atoms with Crippen molar-refractivity contribution in [1.82, 2.24) is 5.32 Å². The fourth-order valence-electron chi connectivity index (χ4n) is 3.02. The number of nitrogens with one attached hydrogen (secondary N) is 1. The minimum atomic E-state index is -0.252. The summed E-state index contributed by atoms with van der Waals surface area (Å²) in [6, 6.07) is 5.47. The molecule has 2 amide bonds. The lowest BCUT2D eigenvalue weighted by molar-refractivity contribution is -0.116. The van der Waals surface area contributed by atoms with Crippen molar-refractivity contribution in [3.8, 4) is 0 Å². The summed E-state index contributed by atoms with van der Waals surface area (Å²) in [5.41, 5.74) is 2.29. The van der Waals surface area contributed by atoms with E-state index in [0.29, 0.717) is 18.7 Å². The first-order valence-electron chi connectivity index (χ1n) is 8.26. The van der Waals surface area contributed by atoms with Gasteiger partial charge in [0.05, 0.1) is 6.61 Å². The van der Waals surface area contributed by atoms with Crippen molar-refractivity contribution >= 4 is 17.5 Å². The molecule has 0 saturated heterocycles. The molecule has 0 aliphatic carbocycles. The highest BCUT2D eigenvalue weighted by Crippen LogP contribution is 2.29. The van der Waals surface area contributed by atoms with Crippen LogP contribution in [-0.2, 0) is 11.2 Å². The molecule has 1 aromatic rings. The van der Waals surface area contributed by atoms with E-state index in [2.05, 4.69) is 5.32 Å². The lowest BCUT2D eigenvalue weighted by Crippen LogP contribution is -2.39. The molecular formula is C18H26N2O3. The molecule has 0 bridgehead atoms. The van der Waals surface area contributed by atoms with E-state index < -0.39 is 0 Å². The number of amides is 2. The Bertz CT molecular complexity index is 586. The number of aliphatic hydroxyl groups excluding tert-OH is 1. The topological polar surface area (TPSA) is 69.6 Å². The van der Waals surface area contributed by atoms with Crippen molar-refractivity contribution in [2.24, 2.45) is 5.41 Å². The van der Waals surface area contributed by atoms with Gasteiger partial charge >= 0.3 is 0 Å². The van der Waals surface area contributed by atoms with Gasteiger partial charge in [0.2, 0.25) is 5.91 Å². The first kappa shape index (κ1) is 17.5. The van der Waals surface area contributed by atoms with Crippen LogP contribution in [0.4, 0.5) is 5.69 Å². The van der Waals surface area contributed by atoms with Crippen LogP contribution in [0, 0.1) is 5.41 Å². The molecule has 1 aromatic carbocycles. The number of rotatable bonds is 6. The van der Waals surface area contributed by atoms with Crippen molar-refractivity contribution in [3.63, 3.8) is 0 Å². The predicted molar refractivity (Wildman–Crippen MR) is 90.6 cm³/mol. The summed E-state index contributed by atoms with van der Waals surface area (Å²) >= 11 is 0. The van der Waals surface area contributed by atoms with E-state index in [1.165, 1.54) is 0 Å². The number of hydrogen-bond donors (Lipinski definition) is 2. The van der Waals surface area contributed by atoms with Crippen LogP contribution in [0.25, 0.3) is 0 Å². The zero-order chi connectivity index (χ0) is 17.0. The van der Waals surface area contributed by atoms with E-state index in [9.17, 15) is 14.7 Å². The van der Waals surface area contributed by atoms with Crippen molar-refractivity contribution in [2.45, 2.75) is 40.0 Å². The summed E-state index contributed by atoms with van der Waals surface area (Å²) in [7, 11) is 0. The molecule has 126 valence electrons. The average Bonchev–Trinajstić information content (AvgIpc) is 2.99. The SMILES string of the molecule is CCC(CC)(CO)CNC(=O)c1ccc2c(c1)CCN2C(C)=O. The van der Waals surface area contributed by atoms with Gasteiger partial charge in [0.15, 0.2) is 0 Å². The van der Waals surface area contributed by atoms with Gasteiger partial charge in [0.1, 0.15) is 0 Å². The molecule has 2 rings (SSSR count). The number of fused-ring (bicyclic) bond motifs is 1. The highest BCUT2D eigenvalue weighted by molar-refractivity contribution is 5.97. The summed E-state index contributed by atoms with van der Waals surface area (Å²) in [5.74, 6) is -0.103. The lowest BCUT2D eigenvalue weighted by atomic mass is 9.83. The molecule has 2 N–H and O–H groups in total. The largest absolute Gasteiger partial charge is 0.396 e. The van der Waals surface area contributed by atoms with E-state index >= 15 is 0 Å². The number of carbonyl (C=O) groups excluding carboxylic acids is 2. The second kappa shape index (κ2) is 7.13. The Kier molecular flexibility index (Phi) is 5.42. The molecule has 5 heteroatoms. The van der Waals surface area contributed by atoms with Crippen LogP contribution in [0.2, 0.25) is 0 Å². The number of nitrogens with zero attached hydrogens (tertiary/aromatic N) is 1. The van der Waals surface area contributed by atoms with Crippen molar-refractivity contribution in [2.75, 3.05) is 24.6 Å². The van der Waals surface area contributed by atoms with E-state index in [0.717, 1.165) is 30.5 Å². The lowest BCUT2D eigenvalue weighted by Gasteiger charge is -2.29. The summed E-state index contributed by atoms with van der Waals surface area (Å²) in [6.07, 6.45) is 2.41. The summed E-state index contributed by atoms with van der Waals surface area (Å²) in [6.45, 7) is 6.81. The van der Waals surface area contributed by atoms with Crippen LogP contribution in [0.1, 0.15) is 49.5 Å². The molecule has 23 heavy (non-hydrogen) atoms. The highest BCUT2D eigenvalue weighted by atomic mass is 16.3. The molecule has 0 fully saturated rings. The maximum atomic E-state index is 12.4. The summed E-state index contributed by atoms with van der Waals surface area (Å²) in [5, 5.41) is 12.5. The van der Waals surface area contributed by atoms with E-state index in [1.54, 1.807) is 17.9 Å². The van der Waals surface area contributed by atoms with Gasteiger partial charge in [-0.05, 0) is 43.0 Å². The predicted octanol–water partition coefficient (Wildman–Crippen LogP) is 2.12. The molecule has 1 aliphatic rings. The molecule has 0 aromatic heterocycles. The molecule has 0 spiro atoms. The van der Waals surface area contributed by atoms with Gasteiger partial charge in [0.25, 0.3) is 5.91 Å². The van der Waals surface area contributed by atoms with Gasteiger partial charge in [-0.3, -0.25) is 9.59 Å². The van der Waals surface area contributed by atoms with Crippen LogP contribution in [0.5, 0.6) is 0 Å². The van der Waals surface area contributed by atoms with Gasteiger partial charge in [-0.15, -0.1) is 0 Å². The third-order valence-corrected chi connectivity index (χ3v) is 5.08. The molecule has 0 unspecified atom stereocenters. The second-order valence-corrected chi connectivity index (χ2v) is 6.31. The van der Waals surface area contributed by atoms with Gasteiger partial charge in [-0.25, -0.2) is 0 Å². The fraction of sp³-hybridized carbons (Fsp3) is 0.556. The van der Waals surface area contributed by atoms with Crippen LogP contribution >= 0.6 is 0 Å². The smallest absolute Gasteiger partial charge is 0.251 e. The third kappa shape index (κ3) is 3.55. The monoisotopic (exact) mass is 318 g/mol. The first-order valence-corrected chi connectivity index (χ1v) is 8.26. The maximum absolute atomic E-state index is 12.4. The Morgan fingerprint density at radius 1 is 1.30 bits per heavy atom. The van der Waals surface area contributed by atoms with Crippen LogP contribution < -0.4 is 10.2 Å². The van der Waals surface area contributed by atoms with Crippen molar-refractivity contribution < 1.29 is 14.7 Å². The summed E-state index contributed by atoms with van der Waals surface area (Å²) < 4.78 is 0. The minimum Gasteiger partial charge on any atom is -0.396 e. The Morgan fingerprint density at radius 2 is 2.00 bits per heavy atom. The normalized spacial score (nSPS) is 13.8. The zero-order valence-corrected chi connectivity index (χ0v) is 14.2. The maximum Gasteiger partial charge on any atom is 0.251 e. The Morgan fingerprint density at radius 3 is 2.57 bits per heavy atom. The molecular weight excluding hydrogens is 292 g/mol.